The smallest absolute Gasteiger partial charge is 0.160 e. The standard InChI is InChI=1S/C32H22N4O/c1-36-19-18-33-32(36)26-17-9-15-24-23-14-8-16-25(29(23)37-30(24)26)28-20-27(21-10-4-2-5-11-21)34-31(35-28)22-12-6-3-7-13-22/h2-20H,1H3. The SMILES string of the molecule is Cn1ccnc1-c1cccc2c1oc1c(-c3cc(-c4ccccc4)nc(-c4ccccc4)n3)cccc12. The summed E-state index contributed by atoms with van der Waals surface area (Å²) in [5, 5.41) is 2.10. The Hall–Kier alpha value is -5.03. The van der Waals surface area contributed by atoms with E-state index in [1.165, 1.54) is 0 Å². The maximum Gasteiger partial charge on any atom is 0.160 e. The number of benzene rings is 4. The molecule has 7 aromatic rings. The van der Waals surface area contributed by atoms with E-state index in [1.54, 1.807) is 6.20 Å². The van der Waals surface area contributed by atoms with E-state index in [0.717, 1.165) is 61.4 Å². The third-order valence-corrected chi connectivity index (χ3v) is 6.69. The Morgan fingerprint density at radius 2 is 1.24 bits per heavy atom. The van der Waals surface area contributed by atoms with Gasteiger partial charge in [-0.3, -0.25) is 0 Å². The summed E-state index contributed by atoms with van der Waals surface area (Å²) in [6.45, 7) is 0. The van der Waals surface area contributed by atoms with Crippen LogP contribution in [0, 0.1) is 0 Å². The van der Waals surface area contributed by atoms with Gasteiger partial charge < -0.3 is 8.98 Å². The third kappa shape index (κ3) is 3.60. The first-order valence-corrected chi connectivity index (χ1v) is 12.2. The van der Waals surface area contributed by atoms with Crippen LogP contribution in [0.5, 0.6) is 0 Å². The van der Waals surface area contributed by atoms with Crippen molar-refractivity contribution in [3.8, 4) is 45.3 Å². The third-order valence-electron chi connectivity index (χ3n) is 6.69. The number of aryl methyl sites for hydroxylation is 1. The summed E-state index contributed by atoms with van der Waals surface area (Å²) >= 11 is 0. The van der Waals surface area contributed by atoms with Gasteiger partial charge in [0.2, 0.25) is 0 Å². The summed E-state index contributed by atoms with van der Waals surface area (Å²) in [5.74, 6) is 1.55. The first-order chi connectivity index (χ1) is 18.3. The summed E-state index contributed by atoms with van der Waals surface area (Å²) in [6, 6.07) is 34.8. The van der Waals surface area contributed by atoms with E-state index in [0.29, 0.717) is 5.82 Å². The van der Waals surface area contributed by atoms with Crippen LogP contribution in [0.2, 0.25) is 0 Å². The van der Waals surface area contributed by atoms with Crippen LogP contribution in [0.4, 0.5) is 0 Å². The van der Waals surface area contributed by atoms with Crippen molar-refractivity contribution in [2.24, 2.45) is 7.05 Å². The Morgan fingerprint density at radius 1 is 0.622 bits per heavy atom. The number of hydrogen-bond acceptors (Lipinski definition) is 4. The van der Waals surface area contributed by atoms with Crippen molar-refractivity contribution in [3.63, 3.8) is 0 Å². The topological polar surface area (TPSA) is 56.7 Å². The normalized spacial score (nSPS) is 11.4. The molecule has 0 N–H and O–H groups in total. The second kappa shape index (κ2) is 8.57. The van der Waals surface area contributed by atoms with Crippen LogP contribution >= 0.6 is 0 Å². The summed E-state index contributed by atoms with van der Waals surface area (Å²) in [7, 11) is 1.99. The predicted octanol–water partition coefficient (Wildman–Crippen LogP) is 7.78. The summed E-state index contributed by atoms with van der Waals surface area (Å²) < 4.78 is 8.63. The van der Waals surface area contributed by atoms with Gasteiger partial charge in [-0.25, -0.2) is 15.0 Å². The van der Waals surface area contributed by atoms with Crippen LogP contribution in [0.25, 0.3) is 67.2 Å². The lowest BCUT2D eigenvalue weighted by Crippen LogP contribution is -1.96. The molecule has 176 valence electrons. The zero-order valence-corrected chi connectivity index (χ0v) is 20.2. The van der Waals surface area contributed by atoms with Crippen molar-refractivity contribution >= 4 is 21.9 Å². The average Bonchev–Trinajstić information content (AvgIpc) is 3.57. The lowest BCUT2D eigenvalue weighted by Gasteiger charge is -2.09. The lowest BCUT2D eigenvalue weighted by atomic mass is 10.0. The summed E-state index contributed by atoms with van der Waals surface area (Å²) in [4.78, 5) is 14.5. The molecule has 5 heteroatoms. The number of aromatic nitrogens is 4. The molecule has 0 saturated carbocycles. The fraction of sp³-hybridized carbons (Fsp3) is 0.0312. The van der Waals surface area contributed by atoms with E-state index >= 15 is 0 Å². The van der Waals surface area contributed by atoms with Crippen molar-refractivity contribution in [2.45, 2.75) is 0 Å². The summed E-state index contributed by atoms with van der Waals surface area (Å²) in [6.07, 6.45) is 3.75. The zero-order chi connectivity index (χ0) is 24.8. The molecule has 0 amide bonds. The zero-order valence-electron chi connectivity index (χ0n) is 20.2. The Kier molecular flexibility index (Phi) is 4.93. The van der Waals surface area contributed by atoms with Gasteiger partial charge in [0, 0.05) is 46.9 Å². The van der Waals surface area contributed by atoms with Crippen LogP contribution in [-0.2, 0) is 7.05 Å². The molecule has 37 heavy (non-hydrogen) atoms. The van der Waals surface area contributed by atoms with Gasteiger partial charge in [-0.1, -0.05) is 84.9 Å². The van der Waals surface area contributed by atoms with Crippen LogP contribution in [0.1, 0.15) is 0 Å². The summed E-state index contributed by atoms with van der Waals surface area (Å²) in [5.41, 5.74) is 7.20. The molecular formula is C32H22N4O. The quantitative estimate of drug-likeness (QED) is 0.259. The minimum atomic E-state index is 0.679. The van der Waals surface area contributed by atoms with E-state index in [1.807, 2.05) is 72.4 Å². The monoisotopic (exact) mass is 478 g/mol. The Morgan fingerprint density at radius 3 is 1.92 bits per heavy atom. The molecule has 0 spiro atoms. The van der Waals surface area contributed by atoms with Gasteiger partial charge in [-0.05, 0) is 18.2 Å². The van der Waals surface area contributed by atoms with Gasteiger partial charge in [0.05, 0.1) is 17.0 Å². The molecule has 0 bridgehead atoms. The molecular weight excluding hydrogens is 456 g/mol. The predicted molar refractivity (Wildman–Crippen MR) is 148 cm³/mol. The van der Waals surface area contributed by atoms with E-state index < -0.39 is 0 Å². The average molecular weight is 479 g/mol. The molecule has 7 rings (SSSR count). The molecule has 0 radical (unpaired) electrons. The minimum absolute atomic E-state index is 0.679. The molecule has 5 nitrogen and oxygen atoms in total. The van der Waals surface area contributed by atoms with Crippen molar-refractivity contribution in [1.29, 1.82) is 0 Å². The van der Waals surface area contributed by atoms with Crippen LogP contribution < -0.4 is 0 Å². The van der Waals surface area contributed by atoms with E-state index in [-0.39, 0.29) is 0 Å². The highest BCUT2D eigenvalue weighted by atomic mass is 16.3. The fourth-order valence-corrected chi connectivity index (χ4v) is 4.88. The van der Waals surface area contributed by atoms with Crippen molar-refractivity contribution in [3.05, 3.63) is 116 Å². The number of furan rings is 1. The molecule has 3 heterocycles. The molecule has 0 aliphatic carbocycles. The van der Waals surface area contributed by atoms with Crippen LogP contribution in [-0.4, -0.2) is 19.5 Å². The van der Waals surface area contributed by atoms with Gasteiger partial charge in [-0.15, -0.1) is 0 Å². The maximum atomic E-state index is 6.63. The number of hydrogen-bond donors (Lipinski definition) is 0. The second-order valence-electron chi connectivity index (χ2n) is 9.02. The van der Waals surface area contributed by atoms with Crippen molar-refractivity contribution < 1.29 is 4.42 Å². The highest BCUT2D eigenvalue weighted by molar-refractivity contribution is 6.12. The molecule has 0 atom stereocenters. The van der Waals surface area contributed by atoms with Gasteiger partial charge in [-0.2, -0.15) is 0 Å². The van der Waals surface area contributed by atoms with Crippen LogP contribution in [0.3, 0.4) is 0 Å². The fourth-order valence-electron chi connectivity index (χ4n) is 4.88. The minimum Gasteiger partial charge on any atom is -0.455 e. The molecule has 4 aromatic carbocycles. The van der Waals surface area contributed by atoms with Crippen molar-refractivity contribution in [1.82, 2.24) is 19.5 Å². The van der Waals surface area contributed by atoms with Crippen LogP contribution in [0.15, 0.2) is 120 Å². The molecule has 0 aliphatic rings. The number of nitrogens with zero attached hydrogens (tertiary/aromatic N) is 4. The van der Waals surface area contributed by atoms with E-state index in [4.69, 9.17) is 14.4 Å². The van der Waals surface area contributed by atoms with Gasteiger partial charge >= 0.3 is 0 Å². The Balaban J connectivity index is 1.49. The molecule has 3 aromatic heterocycles. The first kappa shape index (κ1) is 21.3. The van der Waals surface area contributed by atoms with Gasteiger partial charge in [0.15, 0.2) is 5.82 Å². The molecule has 0 saturated heterocycles. The van der Waals surface area contributed by atoms with Gasteiger partial charge in [0.25, 0.3) is 0 Å². The second-order valence-corrected chi connectivity index (χ2v) is 9.02. The first-order valence-electron chi connectivity index (χ1n) is 12.2. The highest BCUT2D eigenvalue weighted by Crippen LogP contribution is 2.39. The highest BCUT2D eigenvalue weighted by Gasteiger charge is 2.19. The largest absolute Gasteiger partial charge is 0.455 e. The maximum absolute atomic E-state index is 6.63. The van der Waals surface area contributed by atoms with E-state index in [2.05, 4.69) is 53.5 Å². The number of imidazole rings is 1. The Labute approximate surface area is 213 Å². The van der Waals surface area contributed by atoms with E-state index in [9.17, 15) is 0 Å². The number of fused-ring (bicyclic) bond motifs is 3. The number of para-hydroxylation sites is 2. The number of rotatable bonds is 4. The molecule has 0 unspecified atom stereocenters. The van der Waals surface area contributed by atoms with Crippen molar-refractivity contribution in [2.75, 3.05) is 0 Å². The lowest BCUT2D eigenvalue weighted by molar-refractivity contribution is 0.670. The Bertz CT molecular complexity index is 1830. The molecule has 0 fully saturated rings. The van der Waals surface area contributed by atoms with Gasteiger partial charge in [0.1, 0.15) is 17.0 Å². The molecule has 0 aliphatic heterocycles.